The molecule has 0 N–H and O–H groups in total. The third-order valence-electron chi connectivity index (χ3n) is 3.88. The number of hydrogen-bond acceptors (Lipinski definition) is 2. The molecule has 2 aromatic rings. The highest BCUT2D eigenvalue weighted by molar-refractivity contribution is 6.37. The van der Waals surface area contributed by atoms with Crippen LogP contribution in [0.15, 0.2) is 48.5 Å². The van der Waals surface area contributed by atoms with E-state index in [1.807, 2.05) is 18.2 Å². The van der Waals surface area contributed by atoms with Crippen LogP contribution in [0, 0.1) is 0 Å². The largest absolute Gasteiger partial charge is 0.300 e. The van der Waals surface area contributed by atoms with Gasteiger partial charge in [0.15, 0.2) is 5.78 Å². The van der Waals surface area contributed by atoms with Crippen LogP contribution in [-0.4, -0.2) is 23.8 Å². The van der Waals surface area contributed by atoms with Crippen LogP contribution in [0.25, 0.3) is 6.08 Å². The van der Waals surface area contributed by atoms with E-state index in [0.29, 0.717) is 15.6 Å². The summed E-state index contributed by atoms with van der Waals surface area (Å²) < 4.78 is 0. The van der Waals surface area contributed by atoms with E-state index in [1.165, 1.54) is 5.56 Å². The van der Waals surface area contributed by atoms with Crippen molar-refractivity contribution in [2.45, 2.75) is 20.4 Å². The van der Waals surface area contributed by atoms with E-state index >= 15 is 0 Å². The van der Waals surface area contributed by atoms with Gasteiger partial charge in [0, 0.05) is 17.1 Å². The van der Waals surface area contributed by atoms with Crippen molar-refractivity contribution in [1.29, 1.82) is 0 Å². The first-order valence-corrected chi connectivity index (χ1v) is 8.77. The van der Waals surface area contributed by atoms with Crippen LogP contribution >= 0.6 is 23.2 Å². The van der Waals surface area contributed by atoms with Crippen LogP contribution in [0.3, 0.4) is 0 Å². The molecule has 0 heterocycles. The molecule has 0 fully saturated rings. The van der Waals surface area contributed by atoms with E-state index in [2.05, 4.69) is 30.9 Å². The van der Waals surface area contributed by atoms with Gasteiger partial charge < -0.3 is 0 Å². The van der Waals surface area contributed by atoms with E-state index in [0.717, 1.165) is 25.2 Å². The van der Waals surface area contributed by atoms with Crippen LogP contribution in [-0.2, 0) is 6.54 Å². The fourth-order valence-corrected chi connectivity index (χ4v) is 2.95. The zero-order valence-electron chi connectivity index (χ0n) is 13.9. The van der Waals surface area contributed by atoms with Crippen LogP contribution in [0.1, 0.15) is 35.3 Å². The molecule has 0 aliphatic heterocycles. The van der Waals surface area contributed by atoms with Gasteiger partial charge in [0.1, 0.15) is 0 Å². The lowest BCUT2D eigenvalue weighted by Gasteiger charge is -2.18. The van der Waals surface area contributed by atoms with E-state index < -0.39 is 0 Å². The van der Waals surface area contributed by atoms with Gasteiger partial charge in [0.2, 0.25) is 0 Å². The van der Waals surface area contributed by atoms with Crippen molar-refractivity contribution < 1.29 is 4.79 Å². The Morgan fingerprint density at radius 1 is 1.08 bits per heavy atom. The number of carbonyl (C=O) groups is 1. The Hall–Kier alpha value is -1.61. The second-order valence-corrected chi connectivity index (χ2v) is 6.37. The minimum Gasteiger partial charge on any atom is -0.300 e. The first-order valence-electron chi connectivity index (χ1n) is 8.02. The second kappa shape index (κ2) is 9.03. The highest BCUT2D eigenvalue weighted by Gasteiger charge is 2.08. The molecule has 0 radical (unpaired) electrons. The molecule has 24 heavy (non-hydrogen) atoms. The summed E-state index contributed by atoms with van der Waals surface area (Å²) in [6, 6.07) is 13.1. The molecular formula is C20H21Cl2NO. The summed E-state index contributed by atoms with van der Waals surface area (Å²) in [5, 5.41) is 0.886. The molecule has 0 atom stereocenters. The Balaban J connectivity index is 2.12. The van der Waals surface area contributed by atoms with E-state index in [1.54, 1.807) is 24.3 Å². The molecular weight excluding hydrogens is 341 g/mol. The number of carbonyl (C=O) groups excluding carboxylic acids is 1. The monoisotopic (exact) mass is 361 g/mol. The molecule has 0 saturated carbocycles. The van der Waals surface area contributed by atoms with Crippen LogP contribution in [0.5, 0.6) is 0 Å². The predicted molar refractivity (Wildman–Crippen MR) is 103 cm³/mol. The van der Waals surface area contributed by atoms with Crippen molar-refractivity contribution >= 4 is 35.1 Å². The van der Waals surface area contributed by atoms with Gasteiger partial charge in [-0.05, 0) is 48.5 Å². The van der Waals surface area contributed by atoms with E-state index in [4.69, 9.17) is 23.2 Å². The molecule has 2 rings (SSSR count). The van der Waals surface area contributed by atoms with Crippen molar-refractivity contribution in [3.63, 3.8) is 0 Å². The smallest absolute Gasteiger partial charge is 0.187 e. The minimum absolute atomic E-state index is 0.134. The number of ketones is 1. The summed E-state index contributed by atoms with van der Waals surface area (Å²) in [6.45, 7) is 7.25. The molecule has 0 saturated heterocycles. The van der Waals surface area contributed by atoms with Gasteiger partial charge in [0.05, 0.1) is 5.02 Å². The molecule has 0 spiro atoms. The summed E-state index contributed by atoms with van der Waals surface area (Å²) in [5.74, 6) is -0.134. The molecule has 126 valence electrons. The molecule has 0 aliphatic rings. The van der Waals surface area contributed by atoms with Crippen molar-refractivity contribution in [2.75, 3.05) is 13.1 Å². The predicted octanol–water partition coefficient (Wildman–Crippen LogP) is 5.73. The first-order chi connectivity index (χ1) is 11.5. The van der Waals surface area contributed by atoms with Gasteiger partial charge in [-0.25, -0.2) is 0 Å². The highest BCUT2D eigenvalue weighted by Crippen LogP contribution is 2.22. The van der Waals surface area contributed by atoms with Gasteiger partial charge in [0.25, 0.3) is 0 Å². The minimum atomic E-state index is -0.134. The van der Waals surface area contributed by atoms with Gasteiger partial charge in [-0.1, -0.05) is 67.4 Å². The Kier molecular flexibility index (Phi) is 7.04. The van der Waals surface area contributed by atoms with Crippen LogP contribution in [0.2, 0.25) is 10.0 Å². The Morgan fingerprint density at radius 3 is 2.50 bits per heavy atom. The SMILES string of the molecule is CCN(CC)Cc1cccc(C=CC(=O)c2ccc(Cl)cc2Cl)c1. The fraction of sp³-hybridized carbons (Fsp3) is 0.250. The summed E-state index contributed by atoms with van der Waals surface area (Å²) >= 11 is 11.9. The molecule has 0 bridgehead atoms. The standard InChI is InChI=1S/C20H21Cl2NO/c1-3-23(4-2)14-16-7-5-6-15(12-16)8-11-20(24)18-10-9-17(21)13-19(18)22/h5-13H,3-4,14H2,1-2H3. The van der Waals surface area contributed by atoms with Crippen molar-refractivity contribution in [1.82, 2.24) is 4.90 Å². The number of halogens is 2. The molecule has 4 heteroatoms. The lowest BCUT2D eigenvalue weighted by molar-refractivity contribution is 0.104. The van der Waals surface area contributed by atoms with Crippen molar-refractivity contribution in [3.05, 3.63) is 75.3 Å². The number of rotatable bonds is 7. The molecule has 2 nitrogen and oxygen atoms in total. The van der Waals surface area contributed by atoms with Gasteiger partial charge in [-0.15, -0.1) is 0 Å². The molecule has 0 amide bonds. The summed E-state index contributed by atoms with van der Waals surface area (Å²) in [4.78, 5) is 14.6. The van der Waals surface area contributed by atoms with Crippen LogP contribution < -0.4 is 0 Å². The summed E-state index contributed by atoms with van der Waals surface area (Å²) in [5.41, 5.74) is 2.69. The zero-order chi connectivity index (χ0) is 17.5. The normalized spacial score (nSPS) is 11.4. The topological polar surface area (TPSA) is 20.3 Å². The number of nitrogens with zero attached hydrogens (tertiary/aromatic N) is 1. The van der Waals surface area contributed by atoms with E-state index in [-0.39, 0.29) is 5.78 Å². The third kappa shape index (κ3) is 5.20. The number of allylic oxidation sites excluding steroid dienone is 1. The lowest BCUT2D eigenvalue weighted by atomic mass is 10.1. The Labute approximate surface area is 153 Å². The summed E-state index contributed by atoms with van der Waals surface area (Å²) in [6.07, 6.45) is 3.37. The molecule has 2 aromatic carbocycles. The molecule has 0 aromatic heterocycles. The highest BCUT2D eigenvalue weighted by atomic mass is 35.5. The zero-order valence-corrected chi connectivity index (χ0v) is 15.4. The maximum atomic E-state index is 12.3. The summed E-state index contributed by atoms with van der Waals surface area (Å²) in [7, 11) is 0. The van der Waals surface area contributed by atoms with Crippen molar-refractivity contribution in [2.24, 2.45) is 0 Å². The maximum Gasteiger partial charge on any atom is 0.187 e. The van der Waals surface area contributed by atoms with Crippen LogP contribution in [0.4, 0.5) is 0 Å². The maximum absolute atomic E-state index is 12.3. The van der Waals surface area contributed by atoms with E-state index in [9.17, 15) is 4.79 Å². The average molecular weight is 362 g/mol. The quantitative estimate of drug-likeness (QED) is 0.463. The molecule has 0 aliphatic carbocycles. The number of hydrogen-bond donors (Lipinski definition) is 0. The molecule has 0 unspecified atom stereocenters. The van der Waals surface area contributed by atoms with Gasteiger partial charge in [-0.2, -0.15) is 0 Å². The average Bonchev–Trinajstić information content (AvgIpc) is 2.58. The third-order valence-corrected chi connectivity index (χ3v) is 4.42. The first kappa shape index (κ1) is 18.7. The fourth-order valence-electron chi connectivity index (χ4n) is 2.45. The van der Waals surface area contributed by atoms with Crippen molar-refractivity contribution in [3.8, 4) is 0 Å². The second-order valence-electron chi connectivity index (χ2n) is 5.53. The van der Waals surface area contributed by atoms with Gasteiger partial charge >= 0.3 is 0 Å². The lowest BCUT2D eigenvalue weighted by Crippen LogP contribution is -2.22. The van der Waals surface area contributed by atoms with Gasteiger partial charge in [-0.3, -0.25) is 9.69 Å². The number of benzene rings is 2. The Bertz CT molecular complexity index is 736. The Morgan fingerprint density at radius 2 is 1.83 bits per heavy atom.